The van der Waals surface area contributed by atoms with Crippen molar-refractivity contribution in [3.8, 4) is 0 Å². The molecule has 5 heteroatoms. The summed E-state index contributed by atoms with van der Waals surface area (Å²) in [7, 11) is 0. The van der Waals surface area contributed by atoms with E-state index < -0.39 is 18.3 Å². The van der Waals surface area contributed by atoms with Crippen LogP contribution >= 0.6 is 0 Å². The van der Waals surface area contributed by atoms with Crippen molar-refractivity contribution in [2.75, 3.05) is 6.61 Å². The van der Waals surface area contributed by atoms with Gasteiger partial charge in [-0.15, -0.1) is 0 Å². The van der Waals surface area contributed by atoms with Gasteiger partial charge in [-0.05, 0) is 57.4 Å². The molecular formula is C22H38O5. The Morgan fingerprint density at radius 1 is 1.19 bits per heavy atom. The third kappa shape index (κ3) is 9.13. The van der Waals surface area contributed by atoms with E-state index in [2.05, 4.69) is 6.92 Å². The first-order valence-electron chi connectivity index (χ1n) is 10.5. The van der Waals surface area contributed by atoms with Gasteiger partial charge >= 0.3 is 0 Å². The number of ketones is 2. The largest absolute Gasteiger partial charge is 0.392 e. The summed E-state index contributed by atoms with van der Waals surface area (Å²) in [5, 5.41) is 29.3. The van der Waals surface area contributed by atoms with Crippen LogP contribution in [0.3, 0.4) is 0 Å². The van der Waals surface area contributed by atoms with Crippen molar-refractivity contribution in [3.63, 3.8) is 0 Å². The average molecular weight is 383 g/mol. The molecule has 0 amide bonds. The number of aliphatic hydroxyl groups is 3. The zero-order chi connectivity index (χ0) is 20.3. The van der Waals surface area contributed by atoms with E-state index in [1.165, 1.54) is 6.08 Å². The highest BCUT2D eigenvalue weighted by molar-refractivity contribution is 5.90. The number of allylic oxidation sites excluding steroid dienone is 1. The van der Waals surface area contributed by atoms with Gasteiger partial charge in [-0.25, -0.2) is 0 Å². The van der Waals surface area contributed by atoms with E-state index in [0.717, 1.165) is 57.8 Å². The minimum Gasteiger partial charge on any atom is -0.392 e. The smallest absolute Gasteiger partial charge is 0.180 e. The lowest BCUT2D eigenvalue weighted by Crippen LogP contribution is -2.26. The minimum absolute atomic E-state index is 0.00554. The first-order valence-corrected chi connectivity index (χ1v) is 10.5. The van der Waals surface area contributed by atoms with Crippen LogP contribution in [-0.2, 0) is 9.59 Å². The SMILES string of the molecule is CCCCC(C)(O)CCC[C@H]1[C@H](O)CC(=O)[C@@H]1CCCCC=CC(=O)CO. The molecule has 0 saturated heterocycles. The van der Waals surface area contributed by atoms with Crippen LogP contribution in [0, 0.1) is 11.8 Å². The number of unbranched alkanes of at least 4 members (excludes halogenated alkanes) is 3. The molecule has 1 saturated carbocycles. The van der Waals surface area contributed by atoms with Crippen molar-refractivity contribution in [2.24, 2.45) is 11.8 Å². The normalized spacial score (nSPS) is 25.2. The summed E-state index contributed by atoms with van der Waals surface area (Å²) < 4.78 is 0. The highest BCUT2D eigenvalue weighted by Gasteiger charge is 2.40. The summed E-state index contributed by atoms with van der Waals surface area (Å²) in [4.78, 5) is 23.2. The second kappa shape index (κ2) is 12.4. The maximum atomic E-state index is 12.2. The topological polar surface area (TPSA) is 94.8 Å². The molecule has 0 bridgehead atoms. The van der Waals surface area contributed by atoms with Crippen LogP contribution in [0.5, 0.6) is 0 Å². The molecule has 0 heterocycles. The molecule has 5 nitrogen and oxygen atoms in total. The maximum absolute atomic E-state index is 12.2. The summed E-state index contributed by atoms with van der Waals surface area (Å²) in [6.07, 6.45) is 11.4. The van der Waals surface area contributed by atoms with Crippen LogP contribution in [0.1, 0.15) is 84.5 Å². The Kier molecular flexibility index (Phi) is 11.0. The van der Waals surface area contributed by atoms with Gasteiger partial charge in [-0.1, -0.05) is 38.7 Å². The number of aliphatic hydroxyl groups excluding tert-OH is 2. The van der Waals surface area contributed by atoms with Crippen LogP contribution in [0.25, 0.3) is 0 Å². The Morgan fingerprint density at radius 2 is 1.89 bits per heavy atom. The Labute approximate surface area is 163 Å². The van der Waals surface area contributed by atoms with E-state index >= 15 is 0 Å². The molecule has 3 N–H and O–H groups in total. The average Bonchev–Trinajstić information content (AvgIpc) is 2.89. The highest BCUT2D eigenvalue weighted by Crippen LogP contribution is 2.37. The summed E-state index contributed by atoms with van der Waals surface area (Å²) in [6, 6.07) is 0. The molecule has 156 valence electrons. The maximum Gasteiger partial charge on any atom is 0.180 e. The monoisotopic (exact) mass is 382 g/mol. The van der Waals surface area contributed by atoms with Gasteiger partial charge in [0.2, 0.25) is 0 Å². The first kappa shape index (κ1) is 24.0. The minimum atomic E-state index is -0.655. The number of carbonyl (C=O) groups excluding carboxylic acids is 2. The lowest BCUT2D eigenvalue weighted by molar-refractivity contribution is -0.121. The molecule has 0 aromatic carbocycles. The molecule has 0 aromatic rings. The van der Waals surface area contributed by atoms with Gasteiger partial charge in [0, 0.05) is 12.3 Å². The summed E-state index contributed by atoms with van der Waals surface area (Å²) in [5.41, 5.74) is -0.655. The van der Waals surface area contributed by atoms with Gasteiger partial charge in [0.25, 0.3) is 0 Å². The Balaban J connectivity index is 2.38. The van der Waals surface area contributed by atoms with Gasteiger partial charge < -0.3 is 15.3 Å². The predicted octanol–water partition coefficient (Wildman–Crippen LogP) is 3.34. The quantitative estimate of drug-likeness (QED) is 0.316. The molecular weight excluding hydrogens is 344 g/mol. The fourth-order valence-electron chi connectivity index (χ4n) is 4.08. The van der Waals surface area contributed by atoms with Gasteiger partial charge in [0.1, 0.15) is 12.4 Å². The van der Waals surface area contributed by atoms with E-state index in [0.29, 0.717) is 6.42 Å². The lowest BCUT2D eigenvalue weighted by atomic mass is 9.83. The summed E-state index contributed by atoms with van der Waals surface area (Å²) >= 11 is 0. The number of carbonyl (C=O) groups is 2. The molecule has 0 spiro atoms. The molecule has 1 unspecified atom stereocenters. The Bertz CT molecular complexity index is 483. The first-order chi connectivity index (χ1) is 12.8. The van der Waals surface area contributed by atoms with Gasteiger partial charge in [0.15, 0.2) is 5.78 Å². The molecule has 4 atom stereocenters. The van der Waals surface area contributed by atoms with E-state index in [4.69, 9.17) is 5.11 Å². The molecule has 27 heavy (non-hydrogen) atoms. The fraction of sp³-hybridized carbons (Fsp3) is 0.818. The fourth-order valence-corrected chi connectivity index (χ4v) is 4.08. The van der Waals surface area contributed by atoms with Crippen LogP contribution in [0.15, 0.2) is 12.2 Å². The van der Waals surface area contributed by atoms with Crippen molar-refractivity contribution in [1.82, 2.24) is 0 Å². The zero-order valence-corrected chi connectivity index (χ0v) is 17.0. The number of Topliss-reactive ketones (excluding diaryl/α,β-unsaturated/α-hetero) is 1. The van der Waals surface area contributed by atoms with Crippen molar-refractivity contribution in [1.29, 1.82) is 0 Å². The van der Waals surface area contributed by atoms with Crippen molar-refractivity contribution >= 4 is 11.6 Å². The van der Waals surface area contributed by atoms with E-state index in [1.807, 2.05) is 6.92 Å². The number of rotatable bonds is 14. The predicted molar refractivity (Wildman–Crippen MR) is 106 cm³/mol. The Morgan fingerprint density at radius 3 is 2.56 bits per heavy atom. The molecule has 1 aliphatic carbocycles. The van der Waals surface area contributed by atoms with E-state index in [-0.39, 0.29) is 29.8 Å². The van der Waals surface area contributed by atoms with Gasteiger partial charge in [-0.3, -0.25) is 9.59 Å². The molecule has 1 fully saturated rings. The van der Waals surface area contributed by atoms with Gasteiger partial charge in [0.05, 0.1) is 11.7 Å². The summed E-state index contributed by atoms with van der Waals surface area (Å²) in [6.45, 7) is 3.53. The molecule has 1 rings (SSSR count). The van der Waals surface area contributed by atoms with Crippen LogP contribution in [-0.4, -0.2) is 45.2 Å². The number of hydrogen-bond acceptors (Lipinski definition) is 5. The van der Waals surface area contributed by atoms with E-state index in [1.54, 1.807) is 6.08 Å². The van der Waals surface area contributed by atoms with Crippen LogP contribution in [0.2, 0.25) is 0 Å². The van der Waals surface area contributed by atoms with E-state index in [9.17, 15) is 19.8 Å². The molecule has 1 aliphatic rings. The molecule has 0 aliphatic heterocycles. The third-order valence-corrected chi connectivity index (χ3v) is 5.75. The zero-order valence-electron chi connectivity index (χ0n) is 17.0. The van der Waals surface area contributed by atoms with Crippen molar-refractivity contribution < 1.29 is 24.9 Å². The molecule has 0 aromatic heterocycles. The number of hydrogen-bond donors (Lipinski definition) is 3. The standard InChI is InChI=1S/C22H38O5/c1-3-4-13-22(2,27)14-9-12-19-18(20(25)15-21(19)26)11-8-6-5-7-10-17(24)16-23/h7,10,18-19,21,23,26-27H,3-6,8-9,11-16H2,1-2H3/t18-,19-,21-,22?/m1/s1. The van der Waals surface area contributed by atoms with Crippen molar-refractivity contribution in [3.05, 3.63) is 12.2 Å². The Hall–Kier alpha value is -1.04. The van der Waals surface area contributed by atoms with Crippen LogP contribution in [0.4, 0.5) is 0 Å². The third-order valence-electron chi connectivity index (χ3n) is 5.75. The highest BCUT2D eigenvalue weighted by atomic mass is 16.3. The van der Waals surface area contributed by atoms with Gasteiger partial charge in [-0.2, -0.15) is 0 Å². The second-order valence-corrected chi connectivity index (χ2v) is 8.31. The summed E-state index contributed by atoms with van der Waals surface area (Å²) in [5.74, 6) is -0.204. The molecule has 0 radical (unpaired) electrons. The van der Waals surface area contributed by atoms with Crippen LogP contribution < -0.4 is 0 Å². The van der Waals surface area contributed by atoms with Crippen molar-refractivity contribution in [2.45, 2.75) is 96.2 Å². The lowest BCUT2D eigenvalue weighted by Gasteiger charge is -2.26. The second-order valence-electron chi connectivity index (χ2n) is 8.31.